The van der Waals surface area contributed by atoms with Gasteiger partial charge in [-0.15, -0.1) is 0 Å². The van der Waals surface area contributed by atoms with E-state index in [0.717, 1.165) is 28.7 Å². The second-order valence-electron chi connectivity index (χ2n) is 18.4. The fourth-order valence-corrected chi connectivity index (χ4v) is 9.30. The Morgan fingerprint density at radius 2 is 1.15 bits per heavy atom. The summed E-state index contributed by atoms with van der Waals surface area (Å²) in [4.78, 5) is 94.1. The number of carbonyl (C=O) groups excluding carboxylic acids is 6. The molecule has 28 heteroatoms. The molecule has 0 fully saturated rings. The molecule has 6 amide bonds. The third kappa shape index (κ3) is 13.2. The van der Waals surface area contributed by atoms with Crippen LogP contribution in [0, 0.1) is 27.6 Å². The molecule has 7 unspecified atom stereocenters. The lowest BCUT2D eigenvalue weighted by Gasteiger charge is -2.39. The zero-order valence-corrected chi connectivity index (χ0v) is 42.8. The van der Waals surface area contributed by atoms with Gasteiger partial charge in [0.25, 0.3) is 29.5 Å². The number of amides is 6. The number of guanidine groups is 4. The summed E-state index contributed by atoms with van der Waals surface area (Å²) in [6.45, 7) is -0.0891. The maximum Gasteiger partial charge on any atom is 0.271 e. The van der Waals surface area contributed by atoms with Crippen molar-refractivity contribution in [2.45, 2.75) is 43.4 Å². The van der Waals surface area contributed by atoms with Crippen LogP contribution in [0.15, 0.2) is 167 Å². The molecule has 4 aromatic rings. The van der Waals surface area contributed by atoms with Crippen molar-refractivity contribution in [3.05, 3.63) is 173 Å². The molecule has 28 nitrogen and oxygen atoms in total. The van der Waals surface area contributed by atoms with E-state index in [1.807, 2.05) is 53.9 Å². The third-order valence-electron chi connectivity index (χ3n) is 12.8. The molecule has 8 rings (SSSR count). The van der Waals surface area contributed by atoms with Gasteiger partial charge >= 0.3 is 0 Å². The number of nitrogens with zero attached hydrogens (tertiary/aromatic N) is 3. The predicted molar refractivity (Wildman–Crippen MR) is 299 cm³/mol. The van der Waals surface area contributed by atoms with E-state index in [0.29, 0.717) is 22.3 Å². The number of aliphatic hydroxyl groups is 1. The van der Waals surface area contributed by atoms with Crippen molar-refractivity contribution in [2.75, 3.05) is 11.4 Å². The van der Waals surface area contributed by atoms with Gasteiger partial charge in [-0.25, -0.2) is 9.97 Å². The number of anilines is 1. The van der Waals surface area contributed by atoms with Crippen molar-refractivity contribution >= 4 is 76.0 Å². The molecule has 0 saturated heterocycles. The number of allylic oxidation sites excluding steroid dienone is 12. The molecule has 3 aromatic carbocycles. The van der Waals surface area contributed by atoms with Crippen LogP contribution >= 0.6 is 0 Å². The summed E-state index contributed by atoms with van der Waals surface area (Å²) in [7, 11) is 0. The molecular formula is C53H57N21O7. The Kier molecular flexibility index (Phi) is 16.9. The van der Waals surface area contributed by atoms with E-state index < -0.39 is 96.2 Å². The van der Waals surface area contributed by atoms with Crippen molar-refractivity contribution in [1.29, 1.82) is 21.6 Å². The Bertz CT molecular complexity index is 3480. The zero-order valence-electron chi connectivity index (χ0n) is 42.8. The molecule has 416 valence electrons. The fraction of sp³-hybridized carbons (Fsp3) is 0.170. The number of carbonyl (C=O) groups is 6. The standard InChI is InChI=1S/C53H57N21O7/c54-37(75)39(70-50(55)56)66-45(77)41(72-52(59)60)68-47(79)42(73-53(61)62)69-46(78)40(71-51(57)58)67-44(76)36(27-11-3-1-4-12-27)64-48(80)49(81)74(43-32-18-7-8-20-33(32)63-38(65-43)28-13-5-2-6-14-28)24-30-23-29-17-9-15-25-21-22-26-16-10-19-31(30)35(26)34(25)29/h1-14,16-23,35-36,39-42,49,81H,15,24H2,(H2,54,75)(H,64,80)(H,66,77)(H,67,76)(H,68,79)(H,69,78)(H4,55,56,70)(H4,57,58,71)(H4,59,60,72)(H4,61,62,73). The third-order valence-corrected chi connectivity index (χ3v) is 12.8. The molecule has 0 aliphatic heterocycles. The molecule has 0 bridgehead atoms. The summed E-state index contributed by atoms with van der Waals surface area (Å²) < 4.78 is 0. The Hall–Kier alpha value is -11.2. The Morgan fingerprint density at radius 3 is 1.74 bits per heavy atom. The van der Waals surface area contributed by atoms with Crippen LogP contribution in [-0.4, -0.2) is 112 Å². The highest BCUT2D eigenvalue weighted by Crippen LogP contribution is 2.49. The number of primary amides is 1. The maximum absolute atomic E-state index is 15.0. The number of nitrogens with one attached hydrogen (secondary N) is 13. The van der Waals surface area contributed by atoms with Crippen LogP contribution in [0.4, 0.5) is 5.82 Å². The number of aromatic nitrogens is 2. The van der Waals surface area contributed by atoms with E-state index in [-0.39, 0.29) is 23.8 Å². The average molecular weight is 1100 g/mol. The van der Waals surface area contributed by atoms with Crippen molar-refractivity contribution in [1.82, 2.24) is 57.8 Å². The minimum absolute atomic E-state index is 0.0891. The molecule has 1 heterocycles. The lowest BCUT2D eigenvalue weighted by atomic mass is 9.67. The number of rotatable bonds is 21. The quantitative estimate of drug-likeness (QED) is 0.0236. The van der Waals surface area contributed by atoms with Crippen molar-refractivity contribution < 1.29 is 33.9 Å². The normalized spacial score (nSPS) is 16.7. The van der Waals surface area contributed by atoms with E-state index in [1.165, 1.54) is 28.2 Å². The fourth-order valence-electron chi connectivity index (χ4n) is 9.30. The van der Waals surface area contributed by atoms with Crippen LogP contribution in [0.1, 0.15) is 18.0 Å². The summed E-state index contributed by atoms with van der Waals surface area (Å²) >= 11 is 0. The summed E-state index contributed by atoms with van der Waals surface area (Å²) in [5.74, 6) is -10.5. The summed E-state index contributed by atoms with van der Waals surface area (Å²) in [6.07, 6.45) is 7.10. The Morgan fingerprint density at radius 1 is 0.605 bits per heavy atom. The minimum atomic E-state index is -2.10. The van der Waals surface area contributed by atoms with Crippen molar-refractivity contribution in [2.24, 2.45) is 34.6 Å². The van der Waals surface area contributed by atoms with E-state index in [1.54, 1.807) is 42.5 Å². The smallest absolute Gasteiger partial charge is 0.271 e. The first-order valence-electron chi connectivity index (χ1n) is 24.7. The van der Waals surface area contributed by atoms with Crippen LogP contribution in [0.5, 0.6) is 0 Å². The number of hydrogen-bond acceptors (Lipinski definition) is 14. The SMILES string of the molecule is N=C(N)NC(NC(=O)C(NC(=N)N)NC(=O)C(NC(=N)N)NC(=O)C(NC(=N)N)NC(=O)C(NC(=O)C(O)N(CC1=CC2=C3C(=CC=C4C=CC=C1C43)CC=C2)c1nc(-c2ccccc2)nc2ccccc12)c1ccccc1)C(N)=O. The van der Waals surface area contributed by atoms with Gasteiger partial charge < -0.3 is 86.5 Å². The number of aliphatic hydroxyl groups excluding tert-OH is 1. The highest BCUT2D eigenvalue weighted by molar-refractivity contribution is 6.00. The largest absolute Gasteiger partial charge is 0.370 e. The van der Waals surface area contributed by atoms with E-state index in [2.05, 4.69) is 72.9 Å². The first kappa shape index (κ1) is 56.1. The Balaban J connectivity index is 1.10. The van der Waals surface area contributed by atoms with Crippen LogP contribution in [0.25, 0.3) is 22.3 Å². The average Bonchev–Trinajstić information content (AvgIpc) is 3.60. The monoisotopic (exact) mass is 1100 g/mol. The van der Waals surface area contributed by atoms with Crippen molar-refractivity contribution in [3.63, 3.8) is 0 Å². The highest BCUT2D eigenvalue weighted by atomic mass is 16.3. The molecular weight excluding hydrogens is 1040 g/mol. The number of nitrogens with two attached hydrogens (primary N) is 5. The lowest BCUT2D eigenvalue weighted by Crippen LogP contribution is -2.68. The van der Waals surface area contributed by atoms with Gasteiger partial charge in [0.05, 0.1) is 5.52 Å². The van der Waals surface area contributed by atoms with Gasteiger partial charge in [-0.3, -0.25) is 50.4 Å². The molecule has 4 aliphatic rings. The summed E-state index contributed by atoms with van der Waals surface area (Å²) in [6, 6.07) is 22.3. The van der Waals surface area contributed by atoms with Gasteiger partial charge in [0.15, 0.2) is 54.3 Å². The number of fused-ring (bicyclic) bond motifs is 1. The van der Waals surface area contributed by atoms with Gasteiger partial charge in [-0.05, 0) is 63.6 Å². The highest BCUT2D eigenvalue weighted by Gasteiger charge is 2.39. The lowest BCUT2D eigenvalue weighted by molar-refractivity contribution is -0.136. The van der Waals surface area contributed by atoms with Crippen LogP contribution in [-0.2, 0) is 28.8 Å². The topological polar surface area (TPSA) is 485 Å². The summed E-state index contributed by atoms with van der Waals surface area (Å²) in [5.41, 5.74) is 34.6. The van der Waals surface area contributed by atoms with Gasteiger partial charge in [-0.1, -0.05) is 115 Å². The Labute approximate surface area is 461 Å². The molecule has 0 saturated carbocycles. The van der Waals surface area contributed by atoms with Crippen molar-refractivity contribution in [3.8, 4) is 11.4 Å². The minimum Gasteiger partial charge on any atom is -0.370 e. The molecule has 4 aliphatic carbocycles. The molecule has 0 radical (unpaired) electrons. The number of benzene rings is 3. The van der Waals surface area contributed by atoms with Gasteiger partial charge in [0, 0.05) is 23.4 Å². The van der Waals surface area contributed by atoms with E-state index in [9.17, 15) is 29.1 Å². The first-order chi connectivity index (χ1) is 38.8. The van der Waals surface area contributed by atoms with Crippen LogP contribution < -0.4 is 81.4 Å². The molecule has 1 aromatic heterocycles. The van der Waals surface area contributed by atoms with Crippen LogP contribution in [0.2, 0.25) is 0 Å². The maximum atomic E-state index is 15.0. The molecule has 7 atom stereocenters. The molecule has 24 N–H and O–H groups in total. The summed E-state index contributed by atoms with van der Waals surface area (Å²) in [5, 5.41) is 64.0. The zero-order chi connectivity index (χ0) is 58.1. The van der Waals surface area contributed by atoms with Gasteiger partial charge in [-0.2, -0.15) is 0 Å². The molecule has 81 heavy (non-hydrogen) atoms. The van der Waals surface area contributed by atoms with E-state index in [4.69, 9.17) is 60.3 Å². The second-order valence-corrected chi connectivity index (χ2v) is 18.4. The number of para-hydroxylation sites is 1. The first-order valence-corrected chi connectivity index (χ1v) is 24.7. The van der Waals surface area contributed by atoms with Gasteiger partial charge in [0.1, 0.15) is 11.9 Å². The second kappa shape index (κ2) is 24.4. The van der Waals surface area contributed by atoms with Gasteiger partial charge in [0.2, 0.25) is 12.1 Å². The predicted octanol–water partition coefficient (Wildman–Crippen LogP) is -2.36. The number of hydrogen-bond donors (Lipinski definition) is 19. The van der Waals surface area contributed by atoms with Crippen LogP contribution in [0.3, 0.4) is 0 Å². The molecule has 0 spiro atoms. The van der Waals surface area contributed by atoms with E-state index >= 15 is 4.79 Å².